The first kappa shape index (κ1) is 28.4. The first-order chi connectivity index (χ1) is 19.3. The van der Waals surface area contributed by atoms with Crippen LogP contribution in [0.15, 0.2) is 0 Å². The number of nitrogens with two attached hydrogens (primary N) is 1. The van der Waals surface area contributed by atoms with Crippen LogP contribution in [0.1, 0.15) is 84.0 Å². The molecule has 7 unspecified atom stereocenters. The highest BCUT2D eigenvalue weighted by molar-refractivity contribution is 5.05. The fraction of sp³-hybridized carbons (Fsp3) is 1.00. The number of fused-ring (bicyclic) bond motifs is 2. The molecule has 0 aromatic carbocycles. The fourth-order valence-electron chi connectivity index (χ4n) is 10.2. The van der Waals surface area contributed by atoms with Gasteiger partial charge in [-0.05, 0) is 94.9 Å². The second-order valence-electron chi connectivity index (χ2n) is 15.4. The van der Waals surface area contributed by atoms with Crippen LogP contribution in [0, 0.1) is 29.1 Å². The molecule has 7 rings (SSSR count). The monoisotopic (exact) mass is 559 g/mol. The Hall–Kier alpha value is -0.360. The van der Waals surface area contributed by atoms with Crippen molar-refractivity contribution in [1.29, 1.82) is 0 Å². The van der Waals surface area contributed by atoms with Gasteiger partial charge in [0.2, 0.25) is 0 Å². The third kappa shape index (κ3) is 5.19. The van der Waals surface area contributed by atoms with E-state index in [0.29, 0.717) is 42.3 Å². The zero-order chi connectivity index (χ0) is 27.6. The minimum absolute atomic E-state index is 0.00508. The molecule has 7 fully saturated rings. The van der Waals surface area contributed by atoms with E-state index < -0.39 is 12.2 Å². The normalized spacial score (nSPS) is 50.4. The number of likely N-dealkylation sites (tertiary alicyclic amines) is 1. The highest BCUT2D eigenvalue weighted by Crippen LogP contribution is 2.52. The molecule has 7 aliphatic rings. The number of aliphatic hydroxyl groups excluding tert-OH is 2. The van der Waals surface area contributed by atoms with Gasteiger partial charge in [0.05, 0.1) is 30.7 Å². The Bertz CT molecular complexity index is 884. The molecular formula is C31H57N7O2. The predicted molar refractivity (Wildman–Crippen MR) is 157 cm³/mol. The number of nitrogens with zero attached hydrogens (tertiary/aromatic N) is 2. The zero-order valence-corrected chi connectivity index (χ0v) is 25.0. The molecule has 0 bridgehead atoms. The first-order valence-corrected chi connectivity index (χ1v) is 16.9. The Morgan fingerprint density at radius 1 is 0.950 bits per heavy atom. The van der Waals surface area contributed by atoms with Crippen LogP contribution < -0.4 is 27.0 Å². The summed E-state index contributed by atoms with van der Waals surface area (Å²) in [6.45, 7) is 5.06. The molecule has 4 aliphatic carbocycles. The van der Waals surface area contributed by atoms with Crippen LogP contribution in [0.5, 0.6) is 0 Å². The third-order valence-corrected chi connectivity index (χ3v) is 13.2. The van der Waals surface area contributed by atoms with Crippen molar-refractivity contribution in [2.75, 3.05) is 26.8 Å². The number of hydrogen-bond acceptors (Lipinski definition) is 9. The molecular weight excluding hydrogens is 502 g/mol. The van der Waals surface area contributed by atoms with Crippen molar-refractivity contribution in [1.82, 2.24) is 31.1 Å². The van der Waals surface area contributed by atoms with Gasteiger partial charge in [0.25, 0.3) is 0 Å². The van der Waals surface area contributed by atoms with Gasteiger partial charge in [0.1, 0.15) is 0 Å². The van der Waals surface area contributed by atoms with Crippen molar-refractivity contribution in [2.24, 2.45) is 34.8 Å². The van der Waals surface area contributed by atoms with Crippen molar-refractivity contribution in [3.8, 4) is 0 Å². The second-order valence-corrected chi connectivity index (χ2v) is 15.4. The largest absolute Gasteiger partial charge is 0.390 e. The summed E-state index contributed by atoms with van der Waals surface area (Å²) >= 11 is 0. The lowest BCUT2D eigenvalue weighted by Gasteiger charge is -2.48. The molecule has 3 heterocycles. The van der Waals surface area contributed by atoms with Crippen LogP contribution in [0.3, 0.4) is 0 Å². The van der Waals surface area contributed by atoms with Crippen LogP contribution >= 0.6 is 0 Å². The van der Waals surface area contributed by atoms with Crippen LogP contribution in [0.4, 0.5) is 0 Å². The summed E-state index contributed by atoms with van der Waals surface area (Å²) in [6.07, 6.45) is 14.9. The van der Waals surface area contributed by atoms with E-state index in [1.54, 1.807) is 0 Å². The molecule has 9 nitrogen and oxygen atoms in total. The van der Waals surface area contributed by atoms with Crippen LogP contribution in [-0.4, -0.2) is 102 Å². The lowest BCUT2D eigenvalue weighted by atomic mass is 9.58. The summed E-state index contributed by atoms with van der Waals surface area (Å²) in [4.78, 5) is 4.88. The maximum Gasteiger partial charge on any atom is 0.0957 e. The van der Waals surface area contributed by atoms with Gasteiger partial charge in [-0.25, -0.2) is 0 Å². The molecule has 3 saturated heterocycles. The molecule has 40 heavy (non-hydrogen) atoms. The van der Waals surface area contributed by atoms with E-state index in [1.807, 2.05) is 0 Å². The Morgan fingerprint density at radius 3 is 2.52 bits per heavy atom. The van der Waals surface area contributed by atoms with Gasteiger partial charge in [-0.1, -0.05) is 13.3 Å². The Labute approximate surface area is 241 Å². The third-order valence-electron chi connectivity index (χ3n) is 13.2. The van der Waals surface area contributed by atoms with Gasteiger partial charge in [-0.3, -0.25) is 26.2 Å². The number of hydrogen-bond donors (Lipinski definition) is 7. The Balaban J connectivity index is 0.832. The SMILES string of the molecule is CN(C[C@H]1C[C@@H](N2CCC3C(N)NCNC32)[C@H](O)[C@@H]1O)C1CC(CCC2NC3CCC(C4(C)CCC4)CC3N2)C1. The Kier molecular flexibility index (Phi) is 8.02. The smallest absolute Gasteiger partial charge is 0.0957 e. The molecule has 0 spiro atoms. The van der Waals surface area contributed by atoms with Gasteiger partial charge in [-0.2, -0.15) is 0 Å². The quantitative estimate of drug-likeness (QED) is 0.233. The summed E-state index contributed by atoms with van der Waals surface area (Å²) in [7, 11) is 2.23. The van der Waals surface area contributed by atoms with E-state index >= 15 is 0 Å². The first-order valence-electron chi connectivity index (χ1n) is 16.9. The predicted octanol–water partition coefficient (Wildman–Crippen LogP) is 0.917. The van der Waals surface area contributed by atoms with Crippen molar-refractivity contribution in [3.63, 3.8) is 0 Å². The van der Waals surface area contributed by atoms with Crippen LogP contribution in [0.25, 0.3) is 0 Å². The average Bonchev–Trinajstić information content (AvgIpc) is 3.58. The summed E-state index contributed by atoms with van der Waals surface area (Å²) in [5, 5.41) is 36.8. The van der Waals surface area contributed by atoms with Crippen molar-refractivity contribution >= 4 is 0 Å². The summed E-state index contributed by atoms with van der Waals surface area (Å²) < 4.78 is 0. The fourth-order valence-corrected chi connectivity index (χ4v) is 10.2. The van der Waals surface area contributed by atoms with E-state index in [1.165, 1.54) is 64.2 Å². The van der Waals surface area contributed by atoms with Gasteiger partial charge in [0, 0.05) is 55.8 Å². The molecule has 0 aromatic heterocycles. The molecule has 0 amide bonds. The van der Waals surface area contributed by atoms with Gasteiger partial charge < -0.3 is 20.8 Å². The summed E-state index contributed by atoms with van der Waals surface area (Å²) in [5.74, 6) is 2.24. The molecule has 228 valence electrons. The number of nitrogens with one attached hydrogen (secondary N) is 4. The molecule has 0 aromatic rings. The lowest BCUT2D eigenvalue weighted by Crippen LogP contribution is -2.64. The zero-order valence-electron chi connectivity index (χ0n) is 25.0. The van der Waals surface area contributed by atoms with Gasteiger partial charge in [0.15, 0.2) is 0 Å². The summed E-state index contributed by atoms with van der Waals surface area (Å²) in [5.41, 5.74) is 6.95. The van der Waals surface area contributed by atoms with E-state index in [9.17, 15) is 10.2 Å². The second kappa shape index (κ2) is 11.3. The molecule has 11 atom stereocenters. The average molecular weight is 560 g/mol. The lowest BCUT2D eigenvalue weighted by molar-refractivity contribution is -0.0279. The molecule has 0 radical (unpaired) electrons. The van der Waals surface area contributed by atoms with Crippen LogP contribution in [0.2, 0.25) is 0 Å². The topological polar surface area (TPSA) is 121 Å². The maximum absolute atomic E-state index is 11.0. The highest BCUT2D eigenvalue weighted by Gasteiger charge is 2.51. The van der Waals surface area contributed by atoms with Crippen molar-refractivity contribution in [3.05, 3.63) is 0 Å². The van der Waals surface area contributed by atoms with E-state index in [-0.39, 0.29) is 24.3 Å². The number of aliphatic hydroxyl groups is 2. The molecule has 8 N–H and O–H groups in total. The standard InChI is InChI=1S/C31H57N7O2/c1-31(9-3-10-31)20-5-6-23-24(15-20)36-26(35-23)7-4-18-12-21(13-18)37(2)16-19-14-25(28(40)27(19)39)38-11-8-22-29(32)33-17-34-30(22)38/h18-30,33-36,39-40H,3-17,32H2,1-2H3/t18?,19-,20?,21?,22?,23?,24?,25-,26?,27-,28+,29?,30?/m1/s1. The number of rotatable bonds is 8. The molecule has 9 heteroatoms. The van der Waals surface area contributed by atoms with Crippen molar-refractivity contribution in [2.45, 2.75) is 139 Å². The van der Waals surface area contributed by atoms with Crippen molar-refractivity contribution < 1.29 is 10.2 Å². The molecule has 4 saturated carbocycles. The molecule has 3 aliphatic heterocycles. The van der Waals surface area contributed by atoms with Gasteiger partial charge >= 0.3 is 0 Å². The maximum atomic E-state index is 11.0. The summed E-state index contributed by atoms with van der Waals surface area (Å²) in [6, 6.07) is 2.00. The minimum atomic E-state index is -0.679. The van der Waals surface area contributed by atoms with Gasteiger partial charge in [-0.15, -0.1) is 0 Å². The Morgan fingerprint density at radius 2 is 1.75 bits per heavy atom. The van der Waals surface area contributed by atoms with E-state index in [0.717, 1.165) is 37.8 Å². The minimum Gasteiger partial charge on any atom is -0.390 e. The van der Waals surface area contributed by atoms with E-state index in [4.69, 9.17) is 5.73 Å². The van der Waals surface area contributed by atoms with Crippen LogP contribution in [-0.2, 0) is 0 Å². The van der Waals surface area contributed by atoms with E-state index in [2.05, 4.69) is 45.0 Å². The highest BCUT2D eigenvalue weighted by atomic mass is 16.3.